The molecule has 0 saturated carbocycles. The summed E-state index contributed by atoms with van der Waals surface area (Å²) < 4.78 is 0. The normalized spacial score (nSPS) is 19.3. The van der Waals surface area contributed by atoms with Gasteiger partial charge in [0.05, 0.1) is 4.92 Å². The summed E-state index contributed by atoms with van der Waals surface area (Å²) in [6.07, 6.45) is 1.45. The second-order valence-electron chi connectivity index (χ2n) is 3.98. The van der Waals surface area contributed by atoms with Crippen molar-refractivity contribution in [2.45, 2.75) is 6.42 Å². The third kappa shape index (κ3) is 2.46. The molecular formula is C10H9BrClN3O3. The summed E-state index contributed by atoms with van der Waals surface area (Å²) >= 11 is 9.05. The van der Waals surface area contributed by atoms with Gasteiger partial charge in [-0.15, -0.1) is 0 Å². The number of anilines is 1. The van der Waals surface area contributed by atoms with Crippen molar-refractivity contribution in [1.29, 1.82) is 0 Å². The molecule has 0 bridgehead atoms. The van der Waals surface area contributed by atoms with Crippen LogP contribution >= 0.6 is 27.5 Å². The molecule has 0 aliphatic carbocycles. The molecule has 2 heterocycles. The van der Waals surface area contributed by atoms with E-state index >= 15 is 0 Å². The molecule has 1 unspecified atom stereocenters. The molecule has 1 aliphatic rings. The van der Waals surface area contributed by atoms with Crippen LogP contribution in [0.15, 0.2) is 12.3 Å². The lowest BCUT2D eigenvalue weighted by Gasteiger charge is -2.16. The highest BCUT2D eigenvalue weighted by Gasteiger charge is 2.34. The number of amides is 1. The fourth-order valence-electron chi connectivity index (χ4n) is 1.89. The highest BCUT2D eigenvalue weighted by atomic mass is 79.9. The Hall–Kier alpha value is -1.21. The number of hydrogen-bond donors (Lipinski definition) is 0. The number of carbonyl (C=O) groups excluding carboxylic acids is 1. The van der Waals surface area contributed by atoms with Gasteiger partial charge in [-0.25, -0.2) is 4.98 Å². The first-order valence-electron chi connectivity index (χ1n) is 5.19. The van der Waals surface area contributed by atoms with Crippen molar-refractivity contribution in [2.75, 3.05) is 16.8 Å². The third-order valence-electron chi connectivity index (χ3n) is 2.74. The molecule has 1 aromatic heterocycles. The summed E-state index contributed by atoms with van der Waals surface area (Å²) in [4.78, 5) is 27.3. The van der Waals surface area contributed by atoms with Gasteiger partial charge in [0, 0.05) is 24.4 Å². The van der Waals surface area contributed by atoms with Crippen molar-refractivity contribution >= 4 is 44.8 Å². The number of nitro groups is 1. The fourth-order valence-corrected chi connectivity index (χ4v) is 2.47. The number of carbonyl (C=O) groups is 1. The van der Waals surface area contributed by atoms with Crippen LogP contribution in [-0.4, -0.2) is 27.7 Å². The van der Waals surface area contributed by atoms with Crippen LogP contribution in [0.25, 0.3) is 0 Å². The molecule has 1 amide bonds. The molecule has 96 valence electrons. The molecule has 1 aromatic rings. The van der Waals surface area contributed by atoms with Crippen LogP contribution < -0.4 is 4.90 Å². The monoisotopic (exact) mass is 333 g/mol. The van der Waals surface area contributed by atoms with Gasteiger partial charge in [-0.2, -0.15) is 0 Å². The Labute approximate surface area is 116 Å². The quantitative estimate of drug-likeness (QED) is 0.368. The van der Waals surface area contributed by atoms with Gasteiger partial charge in [0.1, 0.15) is 17.0 Å². The number of nitrogens with zero attached hydrogens (tertiary/aromatic N) is 3. The predicted octanol–water partition coefficient (Wildman–Crippen LogP) is 2.39. The summed E-state index contributed by atoms with van der Waals surface area (Å²) in [5.74, 6) is 0.0221. The topological polar surface area (TPSA) is 76.3 Å². The number of halogens is 2. The Kier molecular flexibility index (Phi) is 3.82. The second-order valence-corrected chi connectivity index (χ2v) is 5.02. The molecule has 1 aliphatic heterocycles. The van der Waals surface area contributed by atoms with E-state index in [1.807, 2.05) is 0 Å². The fraction of sp³-hybridized carbons (Fsp3) is 0.400. The molecule has 0 radical (unpaired) electrons. The largest absolute Gasteiger partial charge is 0.311 e. The van der Waals surface area contributed by atoms with Crippen LogP contribution in [0.3, 0.4) is 0 Å². The van der Waals surface area contributed by atoms with Gasteiger partial charge >= 0.3 is 5.69 Å². The Balaban J connectivity index is 2.41. The van der Waals surface area contributed by atoms with Crippen LogP contribution in [0.4, 0.5) is 11.4 Å². The van der Waals surface area contributed by atoms with Crippen LogP contribution in [0.5, 0.6) is 0 Å². The van der Waals surface area contributed by atoms with E-state index in [-0.39, 0.29) is 28.4 Å². The molecule has 6 nitrogen and oxygen atoms in total. The average Bonchev–Trinajstić information content (AvgIpc) is 2.70. The van der Waals surface area contributed by atoms with E-state index < -0.39 is 4.92 Å². The van der Waals surface area contributed by atoms with E-state index in [4.69, 9.17) is 11.6 Å². The van der Waals surface area contributed by atoms with E-state index in [1.165, 1.54) is 11.0 Å². The van der Waals surface area contributed by atoms with Gasteiger partial charge < -0.3 is 4.90 Å². The van der Waals surface area contributed by atoms with Crippen LogP contribution in [0.2, 0.25) is 5.15 Å². The molecular weight excluding hydrogens is 325 g/mol. The summed E-state index contributed by atoms with van der Waals surface area (Å²) in [6.45, 7) is 0.450. The van der Waals surface area contributed by atoms with Crippen molar-refractivity contribution in [3.8, 4) is 0 Å². The van der Waals surface area contributed by atoms with Crippen LogP contribution in [-0.2, 0) is 4.79 Å². The number of aromatic nitrogens is 1. The zero-order chi connectivity index (χ0) is 13.3. The lowest BCUT2D eigenvalue weighted by atomic mass is 10.2. The maximum absolute atomic E-state index is 11.8. The van der Waals surface area contributed by atoms with E-state index in [0.29, 0.717) is 18.3 Å². The summed E-state index contributed by atoms with van der Waals surface area (Å²) in [7, 11) is 0. The number of pyridine rings is 1. The second kappa shape index (κ2) is 5.19. The van der Waals surface area contributed by atoms with Gasteiger partial charge in [-0.3, -0.25) is 14.9 Å². The molecule has 1 saturated heterocycles. The van der Waals surface area contributed by atoms with E-state index in [2.05, 4.69) is 20.9 Å². The highest BCUT2D eigenvalue weighted by Crippen LogP contribution is 2.34. The van der Waals surface area contributed by atoms with E-state index in [9.17, 15) is 14.9 Å². The Morgan fingerprint density at radius 2 is 2.39 bits per heavy atom. The standard InChI is InChI=1S/C10H9BrClN3O3/c11-3-6-1-10(16)14(5-6)7-2-9(12)13-4-8(7)15(17)18/h2,4,6H,1,3,5H2. The Morgan fingerprint density at radius 3 is 2.94 bits per heavy atom. The molecule has 8 heteroatoms. The van der Waals surface area contributed by atoms with Gasteiger partial charge in [0.15, 0.2) is 0 Å². The maximum Gasteiger partial charge on any atom is 0.311 e. The number of hydrogen-bond acceptors (Lipinski definition) is 4. The first-order chi connectivity index (χ1) is 8.52. The molecule has 2 rings (SSSR count). The number of rotatable bonds is 3. The third-order valence-corrected chi connectivity index (χ3v) is 3.86. The maximum atomic E-state index is 11.8. The minimum atomic E-state index is -0.562. The van der Waals surface area contributed by atoms with Gasteiger partial charge in [0.25, 0.3) is 0 Å². The van der Waals surface area contributed by atoms with Crippen LogP contribution in [0.1, 0.15) is 6.42 Å². The van der Waals surface area contributed by atoms with E-state index in [0.717, 1.165) is 6.20 Å². The molecule has 18 heavy (non-hydrogen) atoms. The number of alkyl halides is 1. The molecule has 1 atom stereocenters. The zero-order valence-corrected chi connectivity index (χ0v) is 11.5. The predicted molar refractivity (Wildman–Crippen MR) is 70.2 cm³/mol. The summed E-state index contributed by atoms with van der Waals surface area (Å²) in [5, 5.41) is 11.7. The lowest BCUT2D eigenvalue weighted by Crippen LogP contribution is -2.25. The smallest absolute Gasteiger partial charge is 0.306 e. The summed E-state index contributed by atoms with van der Waals surface area (Å²) in [6, 6.07) is 1.36. The van der Waals surface area contributed by atoms with Gasteiger partial charge in [0.2, 0.25) is 5.91 Å². The Morgan fingerprint density at radius 1 is 1.67 bits per heavy atom. The minimum Gasteiger partial charge on any atom is -0.306 e. The lowest BCUT2D eigenvalue weighted by molar-refractivity contribution is -0.384. The molecule has 0 spiro atoms. The highest BCUT2D eigenvalue weighted by molar-refractivity contribution is 9.09. The average molecular weight is 335 g/mol. The van der Waals surface area contributed by atoms with Gasteiger partial charge in [-0.05, 0) is 5.92 Å². The van der Waals surface area contributed by atoms with E-state index in [1.54, 1.807) is 0 Å². The zero-order valence-electron chi connectivity index (χ0n) is 9.18. The van der Waals surface area contributed by atoms with Crippen molar-refractivity contribution in [2.24, 2.45) is 5.92 Å². The van der Waals surface area contributed by atoms with Crippen molar-refractivity contribution in [1.82, 2.24) is 4.98 Å². The molecule has 1 fully saturated rings. The summed E-state index contributed by atoms with van der Waals surface area (Å²) in [5.41, 5.74) is 0.0106. The Bertz CT molecular complexity index is 511. The first-order valence-corrected chi connectivity index (χ1v) is 6.69. The SMILES string of the molecule is O=C1CC(CBr)CN1c1cc(Cl)ncc1[N+](=O)[O-]. The molecule has 0 N–H and O–H groups in total. The van der Waals surface area contributed by atoms with Gasteiger partial charge in [-0.1, -0.05) is 27.5 Å². The van der Waals surface area contributed by atoms with Crippen molar-refractivity contribution in [3.63, 3.8) is 0 Å². The van der Waals surface area contributed by atoms with Crippen LogP contribution in [0, 0.1) is 16.0 Å². The minimum absolute atomic E-state index is 0.130. The molecule has 0 aromatic carbocycles. The first kappa shape index (κ1) is 13.2. The van der Waals surface area contributed by atoms with Crippen molar-refractivity contribution < 1.29 is 9.72 Å². The van der Waals surface area contributed by atoms with Crippen molar-refractivity contribution in [3.05, 3.63) is 27.5 Å².